The number of carbonyl (C=O) groups excluding carboxylic acids is 2. The minimum absolute atomic E-state index is 0.0160. The topological polar surface area (TPSA) is 83.1 Å². The van der Waals surface area contributed by atoms with Crippen molar-refractivity contribution in [3.05, 3.63) is 75.8 Å². The van der Waals surface area contributed by atoms with Gasteiger partial charge in [0.05, 0.1) is 10.9 Å². The van der Waals surface area contributed by atoms with Gasteiger partial charge in [0.2, 0.25) is 5.91 Å². The predicted molar refractivity (Wildman–Crippen MR) is 120 cm³/mol. The van der Waals surface area contributed by atoms with Crippen molar-refractivity contribution < 1.29 is 9.59 Å². The molecule has 6 nitrogen and oxygen atoms in total. The minimum atomic E-state index is -0.146. The number of nitrogens with one attached hydrogen (secondary N) is 1. The van der Waals surface area contributed by atoms with Crippen LogP contribution in [-0.2, 0) is 11.2 Å². The van der Waals surface area contributed by atoms with Gasteiger partial charge in [-0.1, -0.05) is 35.9 Å². The van der Waals surface area contributed by atoms with Gasteiger partial charge in [-0.25, -0.2) is 4.98 Å². The third kappa shape index (κ3) is 4.90. The van der Waals surface area contributed by atoms with E-state index in [0.717, 1.165) is 11.1 Å². The van der Waals surface area contributed by atoms with Crippen molar-refractivity contribution in [2.45, 2.75) is 39.0 Å². The molecule has 0 spiro atoms. The van der Waals surface area contributed by atoms with Crippen molar-refractivity contribution in [2.24, 2.45) is 5.92 Å². The lowest BCUT2D eigenvalue weighted by atomic mass is 9.88. The second-order valence-corrected chi connectivity index (χ2v) is 8.27. The molecule has 0 radical (unpaired) electrons. The lowest BCUT2D eigenvalue weighted by Gasteiger charge is -2.31. The molecule has 6 heteroatoms. The molecule has 1 aliphatic rings. The van der Waals surface area contributed by atoms with E-state index in [1.807, 2.05) is 54.3 Å². The summed E-state index contributed by atoms with van der Waals surface area (Å²) in [5.74, 6) is 0.878. The van der Waals surface area contributed by atoms with Crippen LogP contribution in [0.2, 0.25) is 0 Å². The molecule has 1 amide bonds. The zero-order chi connectivity index (χ0) is 21.8. The van der Waals surface area contributed by atoms with Gasteiger partial charge in [0.15, 0.2) is 5.78 Å². The first-order valence-corrected chi connectivity index (χ1v) is 10.9. The summed E-state index contributed by atoms with van der Waals surface area (Å²) in [6.45, 7) is 3.22. The number of para-hydroxylation sites is 1. The number of nitrogens with zero attached hydrogens (tertiary/aromatic N) is 2. The maximum absolute atomic E-state index is 12.7. The molecular formula is C25H27N3O3. The number of carbonyl (C=O) groups is 2. The molecular weight excluding hydrogens is 390 g/mol. The summed E-state index contributed by atoms with van der Waals surface area (Å²) in [6, 6.07) is 15.0. The van der Waals surface area contributed by atoms with Crippen LogP contribution in [0.3, 0.4) is 0 Å². The molecule has 4 rings (SSSR count). The van der Waals surface area contributed by atoms with Crippen LogP contribution in [0.4, 0.5) is 0 Å². The molecule has 160 valence electrons. The average molecular weight is 418 g/mol. The Morgan fingerprint density at radius 2 is 1.87 bits per heavy atom. The highest BCUT2D eigenvalue weighted by Crippen LogP contribution is 2.23. The number of benzene rings is 2. The summed E-state index contributed by atoms with van der Waals surface area (Å²) in [5.41, 5.74) is 2.38. The van der Waals surface area contributed by atoms with Gasteiger partial charge in [0.1, 0.15) is 5.82 Å². The van der Waals surface area contributed by atoms with Crippen LogP contribution in [-0.4, -0.2) is 39.6 Å². The van der Waals surface area contributed by atoms with E-state index >= 15 is 0 Å². The van der Waals surface area contributed by atoms with Crippen LogP contribution in [0, 0.1) is 12.8 Å². The molecule has 1 N–H and O–H groups in total. The van der Waals surface area contributed by atoms with E-state index in [1.165, 1.54) is 0 Å². The SMILES string of the molecule is Cc1cccc(C(=O)C2CCN(C(=O)CCCc3nc4ccccc4c(=O)[nH]3)CC2)c1. The Kier molecular flexibility index (Phi) is 6.26. The Balaban J connectivity index is 1.27. The summed E-state index contributed by atoms with van der Waals surface area (Å²) < 4.78 is 0. The van der Waals surface area contributed by atoms with Crippen molar-refractivity contribution in [3.8, 4) is 0 Å². The van der Waals surface area contributed by atoms with Crippen molar-refractivity contribution in [1.82, 2.24) is 14.9 Å². The van der Waals surface area contributed by atoms with Gasteiger partial charge in [-0.15, -0.1) is 0 Å². The molecule has 0 saturated carbocycles. The number of piperidine rings is 1. The van der Waals surface area contributed by atoms with Gasteiger partial charge in [-0.05, 0) is 44.4 Å². The van der Waals surface area contributed by atoms with Gasteiger partial charge in [-0.2, -0.15) is 0 Å². The summed E-state index contributed by atoms with van der Waals surface area (Å²) in [5, 5.41) is 0.574. The van der Waals surface area contributed by atoms with E-state index < -0.39 is 0 Å². The standard InChI is InChI=1S/C25H27N3O3/c1-17-6-4-7-19(16-17)24(30)18-12-14-28(15-13-18)23(29)11-5-10-22-26-21-9-3-2-8-20(21)25(31)27-22/h2-4,6-9,16,18H,5,10-15H2,1H3,(H,26,27,31). The van der Waals surface area contributed by atoms with E-state index in [9.17, 15) is 14.4 Å². The summed E-state index contributed by atoms with van der Waals surface area (Å²) in [4.78, 5) is 46.7. The number of Topliss-reactive ketones (excluding diaryl/α,β-unsaturated/α-hetero) is 1. The fraction of sp³-hybridized carbons (Fsp3) is 0.360. The third-order valence-corrected chi connectivity index (χ3v) is 5.99. The van der Waals surface area contributed by atoms with Crippen LogP contribution in [0.1, 0.15) is 47.4 Å². The van der Waals surface area contributed by atoms with Crippen LogP contribution in [0.5, 0.6) is 0 Å². The Bertz CT molecular complexity index is 1160. The number of H-pyrrole nitrogens is 1. The van der Waals surface area contributed by atoms with E-state index in [0.29, 0.717) is 61.9 Å². The lowest BCUT2D eigenvalue weighted by molar-refractivity contribution is -0.132. The first kappa shape index (κ1) is 21.0. The quantitative estimate of drug-likeness (QED) is 0.620. The molecule has 1 saturated heterocycles. The monoisotopic (exact) mass is 417 g/mol. The van der Waals surface area contributed by atoms with Crippen molar-refractivity contribution >= 4 is 22.6 Å². The van der Waals surface area contributed by atoms with Crippen LogP contribution < -0.4 is 5.56 Å². The highest BCUT2D eigenvalue weighted by Gasteiger charge is 2.27. The number of aromatic nitrogens is 2. The number of hydrogen-bond donors (Lipinski definition) is 1. The number of likely N-dealkylation sites (tertiary alicyclic amines) is 1. The summed E-state index contributed by atoms with van der Waals surface area (Å²) in [6.07, 6.45) is 3.00. The number of ketones is 1. The van der Waals surface area contributed by atoms with Gasteiger partial charge in [0.25, 0.3) is 5.56 Å². The average Bonchev–Trinajstić information content (AvgIpc) is 2.79. The van der Waals surface area contributed by atoms with Crippen molar-refractivity contribution in [1.29, 1.82) is 0 Å². The fourth-order valence-corrected chi connectivity index (χ4v) is 4.24. The molecule has 3 aromatic rings. The molecule has 1 fully saturated rings. The molecule has 31 heavy (non-hydrogen) atoms. The van der Waals surface area contributed by atoms with Gasteiger partial charge >= 0.3 is 0 Å². The largest absolute Gasteiger partial charge is 0.343 e. The maximum Gasteiger partial charge on any atom is 0.258 e. The maximum atomic E-state index is 12.7. The van der Waals surface area contributed by atoms with Gasteiger partial charge in [-0.3, -0.25) is 14.4 Å². The molecule has 0 unspecified atom stereocenters. The third-order valence-electron chi connectivity index (χ3n) is 5.99. The van der Waals surface area contributed by atoms with Crippen molar-refractivity contribution in [3.63, 3.8) is 0 Å². The Morgan fingerprint density at radius 3 is 2.65 bits per heavy atom. The van der Waals surface area contributed by atoms with E-state index in [1.54, 1.807) is 6.07 Å². The fourth-order valence-electron chi connectivity index (χ4n) is 4.24. The normalized spacial score (nSPS) is 14.7. The van der Waals surface area contributed by atoms with Crippen LogP contribution in [0.15, 0.2) is 53.3 Å². The molecule has 1 aliphatic heterocycles. The highest BCUT2D eigenvalue weighted by molar-refractivity contribution is 5.98. The lowest BCUT2D eigenvalue weighted by Crippen LogP contribution is -2.40. The van der Waals surface area contributed by atoms with Crippen molar-refractivity contribution in [2.75, 3.05) is 13.1 Å². The number of aryl methyl sites for hydroxylation is 2. The molecule has 0 atom stereocenters. The van der Waals surface area contributed by atoms with E-state index in [2.05, 4.69) is 9.97 Å². The molecule has 2 heterocycles. The van der Waals surface area contributed by atoms with E-state index in [-0.39, 0.29) is 23.2 Å². The summed E-state index contributed by atoms with van der Waals surface area (Å²) in [7, 11) is 0. The first-order chi connectivity index (χ1) is 15.0. The molecule has 0 aliphatic carbocycles. The minimum Gasteiger partial charge on any atom is -0.343 e. The first-order valence-electron chi connectivity index (χ1n) is 10.9. The zero-order valence-electron chi connectivity index (χ0n) is 17.8. The van der Waals surface area contributed by atoms with E-state index in [4.69, 9.17) is 0 Å². The second kappa shape index (κ2) is 9.25. The number of amides is 1. The van der Waals surface area contributed by atoms with Gasteiger partial charge in [0, 0.05) is 37.4 Å². The zero-order valence-corrected chi connectivity index (χ0v) is 17.8. The Hall–Kier alpha value is -3.28. The Labute approximate surface area is 181 Å². The number of fused-ring (bicyclic) bond motifs is 1. The number of hydrogen-bond acceptors (Lipinski definition) is 4. The van der Waals surface area contributed by atoms with Gasteiger partial charge < -0.3 is 9.88 Å². The van der Waals surface area contributed by atoms with Crippen LogP contribution in [0.25, 0.3) is 10.9 Å². The van der Waals surface area contributed by atoms with Crippen LogP contribution >= 0.6 is 0 Å². The number of aromatic amines is 1. The second-order valence-electron chi connectivity index (χ2n) is 8.27. The predicted octanol–water partition coefficient (Wildman–Crippen LogP) is 3.68. The smallest absolute Gasteiger partial charge is 0.258 e. The Morgan fingerprint density at radius 1 is 1.10 bits per heavy atom. The molecule has 1 aromatic heterocycles. The highest BCUT2D eigenvalue weighted by atomic mass is 16.2. The number of rotatable bonds is 6. The summed E-state index contributed by atoms with van der Waals surface area (Å²) >= 11 is 0. The molecule has 2 aromatic carbocycles. The molecule has 0 bridgehead atoms.